The molecule has 3 aromatic rings. The van der Waals surface area contributed by atoms with Gasteiger partial charge < -0.3 is 19.2 Å². The van der Waals surface area contributed by atoms with E-state index >= 15 is 0 Å². The highest BCUT2D eigenvalue weighted by molar-refractivity contribution is 6.30. The maximum atomic E-state index is 13.8. The van der Waals surface area contributed by atoms with Crippen LogP contribution in [0.3, 0.4) is 0 Å². The van der Waals surface area contributed by atoms with E-state index in [-0.39, 0.29) is 17.9 Å². The van der Waals surface area contributed by atoms with Gasteiger partial charge in [-0.25, -0.2) is 0 Å². The van der Waals surface area contributed by atoms with Crippen LogP contribution in [-0.2, 0) is 17.9 Å². The number of carbonyl (C=O) groups excluding carboxylic acids is 2. The lowest BCUT2D eigenvalue weighted by atomic mass is 9.85. The molecule has 2 amide bonds. The molecule has 2 aromatic heterocycles. The molecule has 3 heterocycles. The van der Waals surface area contributed by atoms with Crippen molar-refractivity contribution >= 4 is 34.5 Å². The molecule has 0 unspecified atom stereocenters. The highest BCUT2D eigenvalue weighted by atomic mass is 35.5. The van der Waals surface area contributed by atoms with E-state index < -0.39 is 5.54 Å². The number of carbonyl (C=O) groups is 2. The monoisotopic (exact) mass is 453 g/mol. The van der Waals surface area contributed by atoms with Gasteiger partial charge in [0.25, 0.3) is 5.91 Å². The molecule has 1 N–H and O–H groups in total. The lowest BCUT2D eigenvalue weighted by Gasteiger charge is -2.45. The van der Waals surface area contributed by atoms with Gasteiger partial charge >= 0.3 is 0 Å². The van der Waals surface area contributed by atoms with Crippen molar-refractivity contribution in [2.24, 2.45) is 5.92 Å². The quantitative estimate of drug-likeness (QED) is 0.604. The van der Waals surface area contributed by atoms with E-state index in [1.807, 2.05) is 41.8 Å². The van der Waals surface area contributed by atoms with Crippen molar-refractivity contribution in [1.29, 1.82) is 0 Å². The molecule has 32 heavy (non-hydrogen) atoms. The molecular formula is C25H28ClN3O3. The second-order valence-electron chi connectivity index (χ2n) is 9.42. The van der Waals surface area contributed by atoms with Crippen molar-refractivity contribution in [3.8, 4) is 0 Å². The summed E-state index contributed by atoms with van der Waals surface area (Å²) in [5.74, 6) is 0.157. The Morgan fingerprint density at radius 2 is 1.97 bits per heavy atom. The van der Waals surface area contributed by atoms with Crippen LogP contribution < -0.4 is 5.32 Å². The number of nitrogens with zero attached hydrogens (tertiary/aromatic N) is 2. The van der Waals surface area contributed by atoms with Crippen LogP contribution in [0.4, 0.5) is 0 Å². The molecule has 168 valence electrons. The summed E-state index contributed by atoms with van der Waals surface area (Å²) in [6, 6.07) is 11.2. The molecular weight excluding hydrogens is 426 g/mol. The van der Waals surface area contributed by atoms with Crippen LogP contribution in [-0.4, -0.2) is 32.9 Å². The lowest BCUT2D eigenvalue weighted by molar-refractivity contribution is -0.134. The van der Waals surface area contributed by atoms with Gasteiger partial charge in [0.15, 0.2) is 5.58 Å². The Morgan fingerprint density at radius 3 is 2.72 bits per heavy atom. The molecule has 1 saturated carbocycles. The van der Waals surface area contributed by atoms with Crippen molar-refractivity contribution in [3.05, 3.63) is 58.9 Å². The van der Waals surface area contributed by atoms with E-state index in [1.165, 1.54) is 6.42 Å². The summed E-state index contributed by atoms with van der Waals surface area (Å²) < 4.78 is 7.46. The van der Waals surface area contributed by atoms with Crippen LogP contribution in [0.1, 0.15) is 55.6 Å². The number of hydrogen-bond acceptors (Lipinski definition) is 3. The number of nitrogens with one attached hydrogen (secondary N) is 1. The standard InChI is InChI=1S/C25H28ClN3O3/c1-16-5-3-4-6-19(16)27-24(31)25(2)15-28-20-11-12-32-22(20)13-21(28)23(30)29(25)14-17-7-9-18(26)10-8-17/h7-13,16,19H,3-6,14-15H2,1-2H3,(H,27,31)/t16-,19-,25+/m1/s1. The van der Waals surface area contributed by atoms with Crippen molar-refractivity contribution < 1.29 is 14.0 Å². The molecule has 0 saturated heterocycles. The zero-order valence-corrected chi connectivity index (χ0v) is 19.2. The highest BCUT2D eigenvalue weighted by Gasteiger charge is 2.48. The topological polar surface area (TPSA) is 67.5 Å². The number of rotatable bonds is 4. The van der Waals surface area contributed by atoms with Gasteiger partial charge in [-0.2, -0.15) is 0 Å². The number of aromatic nitrogens is 1. The molecule has 5 rings (SSSR count). The van der Waals surface area contributed by atoms with Crippen molar-refractivity contribution in [3.63, 3.8) is 0 Å². The van der Waals surface area contributed by atoms with Crippen LogP contribution in [0.2, 0.25) is 5.02 Å². The lowest BCUT2D eigenvalue weighted by Crippen LogP contribution is -2.65. The number of benzene rings is 1. The summed E-state index contributed by atoms with van der Waals surface area (Å²) in [7, 11) is 0. The third-order valence-electron chi connectivity index (χ3n) is 7.22. The molecule has 1 aromatic carbocycles. The van der Waals surface area contributed by atoms with E-state index in [9.17, 15) is 9.59 Å². The highest BCUT2D eigenvalue weighted by Crippen LogP contribution is 2.35. The number of halogens is 1. The van der Waals surface area contributed by atoms with E-state index in [0.29, 0.717) is 35.3 Å². The maximum Gasteiger partial charge on any atom is 0.271 e. The van der Waals surface area contributed by atoms with E-state index in [1.54, 1.807) is 17.2 Å². The fraction of sp³-hybridized carbons (Fsp3) is 0.440. The average Bonchev–Trinajstić information content (AvgIpc) is 3.36. The molecule has 3 atom stereocenters. The summed E-state index contributed by atoms with van der Waals surface area (Å²) in [5, 5.41) is 3.94. The van der Waals surface area contributed by atoms with Crippen LogP contribution in [0.5, 0.6) is 0 Å². The largest absolute Gasteiger partial charge is 0.463 e. The summed E-state index contributed by atoms with van der Waals surface area (Å²) in [5.41, 5.74) is 1.93. The number of hydrogen-bond donors (Lipinski definition) is 1. The predicted molar refractivity (Wildman–Crippen MR) is 123 cm³/mol. The van der Waals surface area contributed by atoms with Crippen LogP contribution in [0.25, 0.3) is 11.1 Å². The second kappa shape index (κ2) is 8.00. The first kappa shape index (κ1) is 21.1. The number of fused-ring (bicyclic) bond motifs is 3. The van der Waals surface area contributed by atoms with Gasteiger partial charge in [0, 0.05) is 29.7 Å². The first-order valence-electron chi connectivity index (χ1n) is 11.3. The molecule has 7 heteroatoms. The van der Waals surface area contributed by atoms with E-state index in [0.717, 1.165) is 30.3 Å². The second-order valence-corrected chi connectivity index (χ2v) is 9.86. The van der Waals surface area contributed by atoms with Gasteiger partial charge in [0.1, 0.15) is 11.2 Å². The van der Waals surface area contributed by atoms with E-state index in [2.05, 4.69) is 12.2 Å². The minimum absolute atomic E-state index is 0.102. The zero-order chi connectivity index (χ0) is 22.5. The number of furan rings is 1. The third-order valence-corrected chi connectivity index (χ3v) is 7.47. The molecule has 1 fully saturated rings. The van der Waals surface area contributed by atoms with Gasteiger partial charge in [0.2, 0.25) is 5.91 Å². The number of amides is 2. The fourth-order valence-corrected chi connectivity index (χ4v) is 5.27. The maximum absolute atomic E-state index is 13.8. The molecule has 0 spiro atoms. The summed E-state index contributed by atoms with van der Waals surface area (Å²) in [6.07, 6.45) is 6.04. The van der Waals surface area contributed by atoms with Crippen molar-refractivity contribution in [2.75, 3.05) is 0 Å². The van der Waals surface area contributed by atoms with Gasteiger partial charge in [-0.15, -0.1) is 0 Å². The van der Waals surface area contributed by atoms with Gasteiger partial charge in [-0.1, -0.05) is 43.5 Å². The van der Waals surface area contributed by atoms with Crippen molar-refractivity contribution in [2.45, 2.75) is 64.2 Å². The van der Waals surface area contributed by atoms with Gasteiger partial charge in [-0.3, -0.25) is 9.59 Å². The molecule has 0 radical (unpaired) electrons. The van der Waals surface area contributed by atoms with E-state index in [4.69, 9.17) is 16.0 Å². The summed E-state index contributed by atoms with van der Waals surface area (Å²) in [4.78, 5) is 29.2. The van der Waals surface area contributed by atoms with Crippen LogP contribution in [0, 0.1) is 5.92 Å². The Hall–Kier alpha value is -2.73. The minimum Gasteiger partial charge on any atom is -0.463 e. The fourth-order valence-electron chi connectivity index (χ4n) is 5.15. The molecule has 2 aliphatic rings. The molecule has 0 bridgehead atoms. The summed E-state index contributed by atoms with van der Waals surface area (Å²) in [6.45, 7) is 4.77. The van der Waals surface area contributed by atoms with Crippen molar-refractivity contribution in [1.82, 2.24) is 14.8 Å². The Bertz CT molecular complexity index is 1170. The van der Waals surface area contributed by atoms with Crippen LogP contribution in [0.15, 0.2) is 47.1 Å². The molecule has 1 aliphatic carbocycles. The first-order chi connectivity index (χ1) is 15.4. The minimum atomic E-state index is -1.04. The smallest absolute Gasteiger partial charge is 0.271 e. The molecule has 6 nitrogen and oxygen atoms in total. The Labute approximate surface area is 192 Å². The SMILES string of the molecule is C[C@@H]1CCCC[C@H]1NC(=O)[C@]1(C)Cn2c(cc3occc32)C(=O)N1Cc1ccc(Cl)cc1. The first-order valence-corrected chi connectivity index (χ1v) is 11.7. The average molecular weight is 454 g/mol. The Balaban J connectivity index is 1.52. The van der Waals surface area contributed by atoms with Gasteiger partial charge in [-0.05, 0) is 43.4 Å². The summed E-state index contributed by atoms with van der Waals surface area (Å²) >= 11 is 6.05. The van der Waals surface area contributed by atoms with Crippen LogP contribution >= 0.6 is 11.6 Å². The third kappa shape index (κ3) is 3.51. The zero-order valence-electron chi connectivity index (χ0n) is 18.4. The normalized spacial score (nSPS) is 25.7. The Morgan fingerprint density at radius 1 is 1.22 bits per heavy atom. The van der Waals surface area contributed by atoms with Gasteiger partial charge in [0.05, 0.1) is 18.3 Å². The molecule has 1 aliphatic heterocycles. The Kier molecular flexibility index (Phi) is 5.28. The predicted octanol–water partition coefficient (Wildman–Crippen LogP) is 5.00.